The predicted octanol–water partition coefficient (Wildman–Crippen LogP) is 5.37. The van der Waals surface area contributed by atoms with E-state index < -0.39 is 0 Å². The normalized spacial score (nSPS) is 9.89. The van der Waals surface area contributed by atoms with Gasteiger partial charge in [0.1, 0.15) is 6.07 Å². The first-order valence-electron chi connectivity index (χ1n) is 5.02. The molecular weight excluding hydrogens is 335 g/mol. The van der Waals surface area contributed by atoms with Gasteiger partial charge < -0.3 is 5.32 Å². The van der Waals surface area contributed by atoms with Crippen molar-refractivity contribution in [2.75, 3.05) is 5.32 Å². The molecule has 0 radical (unpaired) electrons. The van der Waals surface area contributed by atoms with Crippen LogP contribution in [0.25, 0.3) is 0 Å². The molecule has 90 valence electrons. The van der Waals surface area contributed by atoms with E-state index >= 15 is 0 Å². The minimum absolute atomic E-state index is 0.470. The molecule has 0 aromatic heterocycles. The zero-order valence-corrected chi connectivity index (χ0v) is 12.1. The summed E-state index contributed by atoms with van der Waals surface area (Å²) in [6.45, 7) is 0. The van der Waals surface area contributed by atoms with E-state index in [2.05, 4.69) is 27.3 Å². The Labute approximate surface area is 123 Å². The highest BCUT2D eigenvalue weighted by Gasteiger charge is 2.04. The lowest BCUT2D eigenvalue weighted by atomic mass is 10.2. The summed E-state index contributed by atoms with van der Waals surface area (Å²) < 4.78 is 0.860. The first kappa shape index (κ1) is 13.2. The van der Waals surface area contributed by atoms with Crippen molar-refractivity contribution < 1.29 is 0 Å². The minimum Gasteiger partial charge on any atom is -0.354 e. The molecule has 0 saturated heterocycles. The molecule has 0 atom stereocenters. The molecule has 0 unspecified atom stereocenters. The van der Waals surface area contributed by atoms with Gasteiger partial charge in [0.25, 0.3) is 0 Å². The minimum atomic E-state index is 0.470. The molecule has 0 heterocycles. The Morgan fingerprint density at radius 2 is 1.83 bits per heavy atom. The van der Waals surface area contributed by atoms with Gasteiger partial charge in [-0.05, 0) is 36.4 Å². The largest absolute Gasteiger partial charge is 0.354 e. The van der Waals surface area contributed by atoms with Crippen molar-refractivity contribution in [3.63, 3.8) is 0 Å². The van der Waals surface area contributed by atoms with Crippen LogP contribution in [0.2, 0.25) is 10.0 Å². The third-order valence-corrected chi connectivity index (χ3v) is 3.53. The zero-order chi connectivity index (χ0) is 13.1. The first-order valence-corrected chi connectivity index (χ1v) is 6.57. The maximum absolute atomic E-state index is 9.06. The molecular formula is C13H7BrCl2N2. The van der Waals surface area contributed by atoms with Gasteiger partial charge in [-0.25, -0.2) is 0 Å². The van der Waals surface area contributed by atoms with Crippen LogP contribution in [0.1, 0.15) is 5.56 Å². The van der Waals surface area contributed by atoms with Gasteiger partial charge in [-0.15, -0.1) is 0 Å². The summed E-state index contributed by atoms with van der Waals surface area (Å²) in [5.41, 5.74) is 2.05. The molecule has 0 fully saturated rings. The van der Waals surface area contributed by atoms with Crippen LogP contribution in [0.5, 0.6) is 0 Å². The molecule has 0 bridgehead atoms. The number of anilines is 2. The van der Waals surface area contributed by atoms with E-state index in [0.29, 0.717) is 15.6 Å². The number of hydrogen-bond acceptors (Lipinski definition) is 2. The molecule has 2 nitrogen and oxygen atoms in total. The molecule has 2 rings (SSSR count). The second-order valence-corrected chi connectivity index (χ2v) is 5.29. The van der Waals surface area contributed by atoms with Crippen molar-refractivity contribution in [2.45, 2.75) is 0 Å². The fourth-order valence-electron chi connectivity index (χ4n) is 1.45. The van der Waals surface area contributed by atoms with Gasteiger partial charge in [0.15, 0.2) is 0 Å². The Balaban J connectivity index is 2.34. The van der Waals surface area contributed by atoms with Crippen LogP contribution in [0.4, 0.5) is 11.4 Å². The van der Waals surface area contributed by atoms with Crippen molar-refractivity contribution in [1.29, 1.82) is 5.26 Å². The van der Waals surface area contributed by atoms with E-state index in [9.17, 15) is 0 Å². The molecule has 2 aromatic rings. The van der Waals surface area contributed by atoms with Crippen LogP contribution in [0.3, 0.4) is 0 Å². The zero-order valence-electron chi connectivity index (χ0n) is 9.05. The van der Waals surface area contributed by atoms with Crippen molar-refractivity contribution >= 4 is 50.5 Å². The third-order valence-electron chi connectivity index (χ3n) is 2.30. The highest BCUT2D eigenvalue weighted by molar-refractivity contribution is 9.10. The van der Waals surface area contributed by atoms with Gasteiger partial charge in [-0.2, -0.15) is 5.26 Å². The second-order valence-electron chi connectivity index (χ2n) is 3.56. The van der Waals surface area contributed by atoms with E-state index in [4.69, 9.17) is 28.5 Å². The number of nitriles is 1. The summed E-state index contributed by atoms with van der Waals surface area (Å²) in [6, 6.07) is 12.8. The lowest BCUT2D eigenvalue weighted by molar-refractivity contribution is 1.45. The third kappa shape index (κ3) is 2.97. The Morgan fingerprint density at radius 1 is 1.06 bits per heavy atom. The van der Waals surface area contributed by atoms with Crippen LogP contribution in [0.15, 0.2) is 40.9 Å². The average molecular weight is 342 g/mol. The van der Waals surface area contributed by atoms with Crippen molar-refractivity contribution in [2.24, 2.45) is 0 Å². The van der Waals surface area contributed by atoms with Gasteiger partial charge in [-0.3, -0.25) is 0 Å². The summed E-state index contributed by atoms with van der Waals surface area (Å²) in [7, 11) is 0. The lowest BCUT2D eigenvalue weighted by Gasteiger charge is -2.09. The molecule has 0 aliphatic carbocycles. The fraction of sp³-hybridized carbons (Fsp3) is 0. The van der Waals surface area contributed by atoms with Crippen LogP contribution in [0, 0.1) is 11.3 Å². The van der Waals surface area contributed by atoms with Crippen LogP contribution in [-0.2, 0) is 0 Å². The number of nitrogens with one attached hydrogen (secondary N) is 1. The molecule has 0 aliphatic heterocycles. The smallest absolute Gasteiger partial charge is 0.101 e. The summed E-state index contributed by atoms with van der Waals surface area (Å²) >= 11 is 15.1. The Hall–Kier alpha value is -1.21. The molecule has 0 aliphatic rings. The maximum atomic E-state index is 9.06. The summed E-state index contributed by atoms with van der Waals surface area (Å²) in [5.74, 6) is 0. The van der Waals surface area contributed by atoms with Gasteiger partial charge in [0.05, 0.1) is 21.3 Å². The fourth-order valence-corrected chi connectivity index (χ4v) is 2.11. The Kier molecular flexibility index (Phi) is 4.13. The molecule has 1 N–H and O–H groups in total. The number of halogens is 3. The molecule has 5 heteroatoms. The monoisotopic (exact) mass is 340 g/mol. The first-order chi connectivity index (χ1) is 8.60. The molecule has 0 amide bonds. The molecule has 18 heavy (non-hydrogen) atoms. The van der Waals surface area contributed by atoms with Crippen LogP contribution < -0.4 is 5.32 Å². The van der Waals surface area contributed by atoms with Crippen molar-refractivity contribution in [3.05, 3.63) is 56.5 Å². The van der Waals surface area contributed by atoms with E-state index in [-0.39, 0.29) is 0 Å². The van der Waals surface area contributed by atoms with Crippen LogP contribution >= 0.6 is 39.1 Å². The Bertz CT molecular complexity index is 635. The lowest BCUT2D eigenvalue weighted by Crippen LogP contribution is -1.93. The van der Waals surface area contributed by atoms with E-state index in [1.807, 2.05) is 12.1 Å². The predicted molar refractivity (Wildman–Crippen MR) is 78.6 cm³/mol. The van der Waals surface area contributed by atoms with Crippen LogP contribution in [-0.4, -0.2) is 0 Å². The van der Waals surface area contributed by atoms with Gasteiger partial charge in [-0.1, -0.05) is 39.1 Å². The van der Waals surface area contributed by atoms with E-state index in [1.165, 1.54) is 0 Å². The summed E-state index contributed by atoms with van der Waals surface area (Å²) in [6.07, 6.45) is 0. The SMILES string of the molecule is N#Cc1cc(Br)ccc1Nc1ccc(Cl)c(Cl)c1. The van der Waals surface area contributed by atoms with E-state index in [0.717, 1.165) is 15.8 Å². The number of rotatable bonds is 2. The van der Waals surface area contributed by atoms with Crippen molar-refractivity contribution in [1.82, 2.24) is 0 Å². The summed E-state index contributed by atoms with van der Waals surface area (Å²) in [4.78, 5) is 0. The van der Waals surface area contributed by atoms with Gasteiger partial charge in [0.2, 0.25) is 0 Å². The highest BCUT2D eigenvalue weighted by atomic mass is 79.9. The van der Waals surface area contributed by atoms with Gasteiger partial charge in [0, 0.05) is 10.2 Å². The van der Waals surface area contributed by atoms with E-state index in [1.54, 1.807) is 24.3 Å². The Morgan fingerprint density at radius 3 is 2.50 bits per heavy atom. The number of nitrogens with zero attached hydrogens (tertiary/aromatic N) is 1. The van der Waals surface area contributed by atoms with Gasteiger partial charge >= 0.3 is 0 Å². The standard InChI is InChI=1S/C13H7BrCl2N2/c14-9-1-4-13(8(5-9)7-17)18-10-2-3-11(15)12(16)6-10/h1-6,18H. The summed E-state index contributed by atoms with van der Waals surface area (Å²) in [5, 5.41) is 13.2. The topological polar surface area (TPSA) is 35.8 Å². The number of benzene rings is 2. The highest BCUT2D eigenvalue weighted by Crippen LogP contribution is 2.28. The molecule has 0 spiro atoms. The second kappa shape index (κ2) is 5.62. The number of hydrogen-bond donors (Lipinski definition) is 1. The quantitative estimate of drug-likeness (QED) is 0.796. The molecule has 0 saturated carbocycles. The molecule has 2 aromatic carbocycles. The average Bonchev–Trinajstić information content (AvgIpc) is 2.36. The maximum Gasteiger partial charge on any atom is 0.101 e. The van der Waals surface area contributed by atoms with Crippen molar-refractivity contribution in [3.8, 4) is 6.07 Å².